The Morgan fingerprint density at radius 3 is 2.45 bits per heavy atom. The number of aromatic nitrogens is 1. The standard InChI is InChI=1S/C19H13NO2/c21-14-8-5-13(6-9-14)19(22)18-11-16-15-4-2-1-3-12(15)7-10-17(16)20-18/h1-11,20-21H. The van der Waals surface area contributed by atoms with Gasteiger partial charge in [-0.25, -0.2) is 0 Å². The van der Waals surface area contributed by atoms with Crippen molar-refractivity contribution in [2.45, 2.75) is 0 Å². The Hall–Kier alpha value is -3.07. The van der Waals surface area contributed by atoms with Crippen LogP contribution in [0.25, 0.3) is 21.7 Å². The zero-order valence-corrected chi connectivity index (χ0v) is 11.7. The number of nitrogens with one attached hydrogen (secondary N) is 1. The predicted molar refractivity (Wildman–Crippen MR) is 87.3 cm³/mol. The summed E-state index contributed by atoms with van der Waals surface area (Å²) in [7, 11) is 0. The molecule has 0 unspecified atom stereocenters. The third-order valence-corrected chi connectivity index (χ3v) is 3.90. The molecule has 0 bridgehead atoms. The van der Waals surface area contributed by atoms with Crippen molar-refractivity contribution >= 4 is 27.5 Å². The molecule has 0 saturated heterocycles. The second-order valence-corrected chi connectivity index (χ2v) is 5.31. The van der Waals surface area contributed by atoms with Crippen molar-refractivity contribution in [3.05, 3.63) is 78.0 Å². The third kappa shape index (κ3) is 1.95. The molecule has 0 radical (unpaired) electrons. The second kappa shape index (κ2) is 4.74. The van der Waals surface area contributed by atoms with E-state index < -0.39 is 0 Å². The fraction of sp³-hybridized carbons (Fsp3) is 0. The van der Waals surface area contributed by atoms with Gasteiger partial charge in [0.2, 0.25) is 5.78 Å². The maximum Gasteiger partial charge on any atom is 0.209 e. The molecule has 0 aliphatic heterocycles. The first-order chi connectivity index (χ1) is 10.7. The van der Waals surface area contributed by atoms with E-state index in [1.807, 2.05) is 30.3 Å². The summed E-state index contributed by atoms with van der Waals surface area (Å²) in [6.45, 7) is 0. The number of aromatic hydroxyl groups is 1. The highest BCUT2D eigenvalue weighted by molar-refractivity contribution is 6.14. The summed E-state index contributed by atoms with van der Waals surface area (Å²) in [6.07, 6.45) is 0. The molecule has 3 nitrogen and oxygen atoms in total. The largest absolute Gasteiger partial charge is 0.508 e. The normalized spacial score (nSPS) is 11.1. The van der Waals surface area contributed by atoms with E-state index in [4.69, 9.17) is 0 Å². The average molecular weight is 287 g/mol. The van der Waals surface area contributed by atoms with Crippen molar-refractivity contribution in [2.24, 2.45) is 0 Å². The fourth-order valence-electron chi connectivity index (χ4n) is 2.78. The molecule has 0 spiro atoms. The highest BCUT2D eigenvalue weighted by Crippen LogP contribution is 2.26. The zero-order valence-electron chi connectivity index (χ0n) is 11.7. The lowest BCUT2D eigenvalue weighted by Gasteiger charge is -1.98. The molecule has 1 heterocycles. The van der Waals surface area contributed by atoms with E-state index in [2.05, 4.69) is 17.1 Å². The minimum atomic E-state index is -0.0831. The van der Waals surface area contributed by atoms with Crippen LogP contribution in [0, 0.1) is 0 Å². The minimum Gasteiger partial charge on any atom is -0.508 e. The lowest BCUT2D eigenvalue weighted by molar-refractivity contribution is 0.103. The first kappa shape index (κ1) is 12.7. The van der Waals surface area contributed by atoms with E-state index in [1.165, 1.54) is 12.1 Å². The number of carbonyl (C=O) groups excluding carboxylic acids is 1. The van der Waals surface area contributed by atoms with Crippen molar-refractivity contribution in [3.8, 4) is 5.75 Å². The Bertz CT molecular complexity index is 997. The molecule has 106 valence electrons. The summed E-state index contributed by atoms with van der Waals surface area (Å²) in [5.41, 5.74) is 2.05. The lowest BCUT2D eigenvalue weighted by atomic mass is 10.1. The number of phenols is 1. The SMILES string of the molecule is O=C(c1ccc(O)cc1)c1cc2c(ccc3ccccc32)[nH]1. The van der Waals surface area contributed by atoms with Crippen molar-refractivity contribution in [2.75, 3.05) is 0 Å². The Kier molecular flexibility index (Phi) is 2.73. The summed E-state index contributed by atoms with van der Waals surface area (Å²) < 4.78 is 0. The van der Waals surface area contributed by atoms with Crippen LogP contribution in [0.5, 0.6) is 5.75 Å². The molecule has 0 saturated carbocycles. The maximum atomic E-state index is 12.6. The molecule has 3 heteroatoms. The molecule has 2 N–H and O–H groups in total. The van der Waals surface area contributed by atoms with Crippen molar-refractivity contribution in [1.82, 2.24) is 4.98 Å². The predicted octanol–water partition coefficient (Wildman–Crippen LogP) is 4.26. The van der Waals surface area contributed by atoms with Gasteiger partial charge in [0.25, 0.3) is 0 Å². The van der Waals surface area contributed by atoms with E-state index in [0.717, 1.165) is 21.7 Å². The molecule has 22 heavy (non-hydrogen) atoms. The number of carbonyl (C=O) groups is 1. The summed E-state index contributed by atoms with van der Waals surface area (Å²) in [6, 6.07) is 20.3. The van der Waals surface area contributed by atoms with Gasteiger partial charge in [-0.2, -0.15) is 0 Å². The van der Waals surface area contributed by atoms with Gasteiger partial charge in [0, 0.05) is 16.5 Å². The number of fused-ring (bicyclic) bond motifs is 3. The smallest absolute Gasteiger partial charge is 0.209 e. The summed E-state index contributed by atoms with van der Waals surface area (Å²) in [4.78, 5) is 15.7. The summed E-state index contributed by atoms with van der Waals surface area (Å²) >= 11 is 0. The van der Waals surface area contributed by atoms with Gasteiger partial charge in [-0.05, 0) is 47.2 Å². The van der Waals surface area contributed by atoms with Crippen LogP contribution in [0.3, 0.4) is 0 Å². The van der Waals surface area contributed by atoms with Gasteiger partial charge in [0.15, 0.2) is 0 Å². The summed E-state index contributed by atoms with van der Waals surface area (Å²) in [5, 5.41) is 12.6. The number of rotatable bonds is 2. The van der Waals surface area contributed by atoms with Crippen LogP contribution in [0.4, 0.5) is 0 Å². The van der Waals surface area contributed by atoms with E-state index in [1.54, 1.807) is 12.1 Å². The van der Waals surface area contributed by atoms with Gasteiger partial charge in [-0.1, -0.05) is 30.3 Å². The number of aromatic amines is 1. The molecule has 0 fully saturated rings. The van der Waals surface area contributed by atoms with E-state index in [-0.39, 0.29) is 11.5 Å². The van der Waals surface area contributed by atoms with Crippen LogP contribution in [-0.4, -0.2) is 15.9 Å². The zero-order chi connectivity index (χ0) is 15.1. The Labute approximate surface area is 126 Å². The van der Waals surface area contributed by atoms with Crippen LogP contribution in [-0.2, 0) is 0 Å². The molecule has 3 aromatic carbocycles. The molecule has 1 aromatic heterocycles. The molecule has 0 aliphatic rings. The van der Waals surface area contributed by atoms with Crippen LogP contribution in [0.1, 0.15) is 16.1 Å². The number of hydrogen-bond acceptors (Lipinski definition) is 2. The Morgan fingerprint density at radius 1 is 0.864 bits per heavy atom. The monoisotopic (exact) mass is 287 g/mol. The first-order valence-corrected chi connectivity index (χ1v) is 7.06. The Balaban J connectivity index is 1.87. The van der Waals surface area contributed by atoms with Gasteiger partial charge < -0.3 is 10.1 Å². The molecule has 4 rings (SSSR count). The van der Waals surface area contributed by atoms with E-state index >= 15 is 0 Å². The highest BCUT2D eigenvalue weighted by atomic mass is 16.3. The molecule has 4 aromatic rings. The van der Waals surface area contributed by atoms with Gasteiger partial charge in [0.05, 0.1) is 5.69 Å². The highest BCUT2D eigenvalue weighted by Gasteiger charge is 2.13. The number of ketones is 1. The van der Waals surface area contributed by atoms with Crippen LogP contribution >= 0.6 is 0 Å². The van der Waals surface area contributed by atoms with Crippen molar-refractivity contribution in [3.63, 3.8) is 0 Å². The lowest BCUT2D eigenvalue weighted by Crippen LogP contribution is -2.00. The molecule has 0 amide bonds. The molecule has 0 atom stereocenters. The van der Waals surface area contributed by atoms with Crippen molar-refractivity contribution in [1.29, 1.82) is 0 Å². The first-order valence-electron chi connectivity index (χ1n) is 7.06. The average Bonchev–Trinajstić information content (AvgIpc) is 2.99. The van der Waals surface area contributed by atoms with Crippen molar-refractivity contribution < 1.29 is 9.90 Å². The summed E-state index contributed by atoms with van der Waals surface area (Å²) in [5.74, 6) is 0.0690. The Morgan fingerprint density at radius 2 is 1.64 bits per heavy atom. The molecular weight excluding hydrogens is 274 g/mol. The maximum absolute atomic E-state index is 12.6. The van der Waals surface area contributed by atoms with Crippen LogP contribution in [0.2, 0.25) is 0 Å². The fourth-order valence-corrected chi connectivity index (χ4v) is 2.78. The quantitative estimate of drug-likeness (QED) is 0.541. The van der Waals surface area contributed by atoms with Gasteiger partial charge in [-0.15, -0.1) is 0 Å². The number of H-pyrrole nitrogens is 1. The third-order valence-electron chi connectivity index (χ3n) is 3.90. The molecular formula is C19H13NO2. The topological polar surface area (TPSA) is 53.1 Å². The number of phenolic OH excluding ortho intramolecular Hbond substituents is 1. The van der Waals surface area contributed by atoms with E-state index in [9.17, 15) is 9.90 Å². The van der Waals surface area contributed by atoms with Gasteiger partial charge in [-0.3, -0.25) is 4.79 Å². The second-order valence-electron chi connectivity index (χ2n) is 5.31. The van der Waals surface area contributed by atoms with Crippen LogP contribution in [0.15, 0.2) is 66.7 Å². The number of benzene rings is 3. The van der Waals surface area contributed by atoms with E-state index in [0.29, 0.717) is 11.3 Å². The minimum absolute atomic E-state index is 0.0831. The van der Waals surface area contributed by atoms with Gasteiger partial charge in [0.1, 0.15) is 5.75 Å². The molecule has 0 aliphatic carbocycles. The van der Waals surface area contributed by atoms with Gasteiger partial charge >= 0.3 is 0 Å². The van der Waals surface area contributed by atoms with Crippen LogP contribution < -0.4 is 0 Å². The number of hydrogen-bond donors (Lipinski definition) is 2.